The van der Waals surface area contributed by atoms with E-state index in [2.05, 4.69) is 9.97 Å². The standard InChI is InChI=1S/C12H12N2O/c1-9-5-6-10(8-15)14-12(9)11-4-2-3-7-13-11/h2-7,15H,8H2,1H3. The summed E-state index contributed by atoms with van der Waals surface area (Å²) in [6.07, 6.45) is 1.74. The highest BCUT2D eigenvalue weighted by Crippen LogP contribution is 2.18. The summed E-state index contributed by atoms with van der Waals surface area (Å²) in [6.45, 7) is 1.94. The smallest absolute Gasteiger partial charge is 0.0919 e. The third kappa shape index (κ3) is 2.02. The molecule has 2 heterocycles. The summed E-state index contributed by atoms with van der Waals surface area (Å²) in [5.41, 5.74) is 3.40. The molecule has 0 radical (unpaired) electrons. The molecule has 0 aliphatic heterocycles. The third-order valence-electron chi connectivity index (χ3n) is 2.22. The van der Waals surface area contributed by atoms with E-state index in [-0.39, 0.29) is 6.61 Å². The number of hydrogen-bond acceptors (Lipinski definition) is 3. The molecular weight excluding hydrogens is 188 g/mol. The van der Waals surface area contributed by atoms with Crippen LogP contribution in [0.1, 0.15) is 11.3 Å². The van der Waals surface area contributed by atoms with Crippen molar-refractivity contribution in [1.29, 1.82) is 0 Å². The molecule has 3 nitrogen and oxygen atoms in total. The highest BCUT2D eigenvalue weighted by molar-refractivity contribution is 5.58. The Balaban J connectivity index is 2.52. The molecule has 0 aliphatic rings. The van der Waals surface area contributed by atoms with E-state index in [4.69, 9.17) is 5.11 Å². The molecule has 0 unspecified atom stereocenters. The van der Waals surface area contributed by atoms with Gasteiger partial charge < -0.3 is 5.11 Å². The molecule has 3 heteroatoms. The molecule has 0 aliphatic carbocycles. The fraction of sp³-hybridized carbons (Fsp3) is 0.167. The van der Waals surface area contributed by atoms with Crippen molar-refractivity contribution in [2.24, 2.45) is 0 Å². The number of pyridine rings is 2. The lowest BCUT2D eigenvalue weighted by Gasteiger charge is -2.05. The zero-order chi connectivity index (χ0) is 10.7. The Morgan fingerprint density at radius 3 is 2.73 bits per heavy atom. The van der Waals surface area contributed by atoms with Crippen molar-refractivity contribution in [2.75, 3.05) is 0 Å². The van der Waals surface area contributed by atoms with Crippen molar-refractivity contribution in [3.05, 3.63) is 47.8 Å². The Hall–Kier alpha value is -1.74. The van der Waals surface area contributed by atoms with Gasteiger partial charge in [0.25, 0.3) is 0 Å². The van der Waals surface area contributed by atoms with E-state index in [1.807, 2.05) is 37.3 Å². The minimum atomic E-state index is -0.0416. The molecule has 2 aromatic heterocycles. The van der Waals surface area contributed by atoms with Gasteiger partial charge in [-0.3, -0.25) is 4.98 Å². The zero-order valence-electron chi connectivity index (χ0n) is 8.51. The SMILES string of the molecule is Cc1ccc(CO)nc1-c1ccccn1. The minimum absolute atomic E-state index is 0.0416. The first-order valence-electron chi connectivity index (χ1n) is 4.80. The van der Waals surface area contributed by atoms with Gasteiger partial charge in [0, 0.05) is 6.20 Å². The first-order chi connectivity index (χ1) is 7.31. The van der Waals surface area contributed by atoms with Crippen LogP contribution >= 0.6 is 0 Å². The van der Waals surface area contributed by atoms with Crippen LogP contribution in [0, 0.1) is 6.92 Å². The molecule has 2 aromatic rings. The van der Waals surface area contributed by atoms with Gasteiger partial charge in [0.1, 0.15) is 0 Å². The van der Waals surface area contributed by atoms with E-state index in [9.17, 15) is 0 Å². The number of rotatable bonds is 2. The molecule has 0 saturated heterocycles. The molecule has 15 heavy (non-hydrogen) atoms. The molecule has 0 saturated carbocycles. The van der Waals surface area contributed by atoms with E-state index < -0.39 is 0 Å². The monoisotopic (exact) mass is 200 g/mol. The van der Waals surface area contributed by atoms with Crippen molar-refractivity contribution in [2.45, 2.75) is 13.5 Å². The van der Waals surface area contributed by atoms with Crippen LogP contribution in [0.25, 0.3) is 11.4 Å². The summed E-state index contributed by atoms with van der Waals surface area (Å²) in [5, 5.41) is 9.02. The van der Waals surface area contributed by atoms with Crippen LogP contribution in [0.2, 0.25) is 0 Å². The zero-order valence-corrected chi connectivity index (χ0v) is 8.51. The lowest BCUT2D eigenvalue weighted by molar-refractivity contribution is 0.277. The lowest BCUT2D eigenvalue weighted by Crippen LogP contribution is -1.95. The maximum absolute atomic E-state index is 9.02. The van der Waals surface area contributed by atoms with Crippen LogP contribution in [0.5, 0.6) is 0 Å². The summed E-state index contributed by atoms with van der Waals surface area (Å²) >= 11 is 0. The number of aliphatic hydroxyl groups excluding tert-OH is 1. The van der Waals surface area contributed by atoms with Crippen LogP contribution < -0.4 is 0 Å². The fourth-order valence-corrected chi connectivity index (χ4v) is 1.42. The van der Waals surface area contributed by atoms with Crippen molar-refractivity contribution >= 4 is 0 Å². The number of aliphatic hydroxyl groups is 1. The van der Waals surface area contributed by atoms with E-state index >= 15 is 0 Å². The fourth-order valence-electron chi connectivity index (χ4n) is 1.42. The minimum Gasteiger partial charge on any atom is -0.390 e. The van der Waals surface area contributed by atoms with Crippen molar-refractivity contribution in [3.63, 3.8) is 0 Å². The van der Waals surface area contributed by atoms with Gasteiger partial charge in [-0.15, -0.1) is 0 Å². The number of nitrogens with zero attached hydrogens (tertiary/aromatic N) is 2. The predicted molar refractivity (Wildman–Crippen MR) is 58.1 cm³/mol. The summed E-state index contributed by atoms with van der Waals surface area (Å²) in [7, 11) is 0. The summed E-state index contributed by atoms with van der Waals surface area (Å²) < 4.78 is 0. The topological polar surface area (TPSA) is 46.0 Å². The van der Waals surface area contributed by atoms with Gasteiger partial charge in [0.05, 0.1) is 23.7 Å². The Bertz CT molecular complexity index is 454. The van der Waals surface area contributed by atoms with Gasteiger partial charge in [0.15, 0.2) is 0 Å². The normalized spacial score (nSPS) is 10.3. The number of aryl methyl sites for hydroxylation is 1. The van der Waals surface area contributed by atoms with Gasteiger partial charge in [-0.2, -0.15) is 0 Å². The molecule has 0 aromatic carbocycles. The Labute approximate surface area is 88.5 Å². The molecule has 0 bridgehead atoms. The molecule has 0 amide bonds. The largest absolute Gasteiger partial charge is 0.390 e. The molecule has 0 fully saturated rings. The highest BCUT2D eigenvalue weighted by Gasteiger charge is 2.05. The highest BCUT2D eigenvalue weighted by atomic mass is 16.3. The average Bonchev–Trinajstić information content (AvgIpc) is 2.31. The summed E-state index contributed by atoms with van der Waals surface area (Å²) in [6, 6.07) is 9.48. The van der Waals surface area contributed by atoms with E-state index in [1.165, 1.54) is 0 Å². The second-order valence-electron chi connectivity index (χ2n) is 3.34. The second-order valence-corrected chi connectivity index (χ2v) is 3.34. The maximum atomic E-state index is 9.02. The summed E-state index contributed by atoms with van der Waals surface area (Å²) in [5.74, 6) is 0. The van der Waals surface area contributed by atoms with Crippen molar-refractivity contribution in [3.8, 4) is 11.4 Å². The number of hydrogen-bond donors (Lipinski definition) is 1. The van der Waals surface area contributed by atoms with Gasteiger partial charge in [-0.1, -0.05) is 12.1 Å². The Kier molecular flexibility index (Phi) is 2.74. The summed E-state index contributed by atoms with van der Waals surface area (Å²) in [4.78, 5) is 8.59. The van der Waals surface area contributed by atoms with Gasteiger partial charge in [-0.25, -0.2) is 4.98 Å². The molecule has 0 spiro atoms. The van der Waals surface area contributed by atoms with Crippen molar-refractivity contribution < 1.29 is 5.11 Å². The average molecular weight is 200 g/mol. The molecule has 0 atom stereocenters. The van der Waals surface area contributed by atoms with Gasteiger partial charge in [0.2, 0.25) is 0 Å². The number of aromatic nitrogens is 2. The van der Waals surface area contributed by atoms with Crippen LogP contribution in [-0.4, -0.2) is 15.1 Å². The van der Waals surface area contributed by atoms with Crippen molar-refractivity contribution in [1.82, 2.24) is 9.97 Å². The first-order valence-corrected chi connectivity index (χ1v) is 4.80. The molecule has 1 N–H and O–H groups in total. The third-order valence-corrected chi connectivity index (χ3v) is 2.22. The van der Waals surface area contributed by atoms with Crippen LogP contribution in [-0.2, 0) is 6.61 Å². The Morgan fingerprint density at radius 1 is 1.20 bits per heavy atom. The predicted octanol–water partition coefficient (Wildman–Crippen LogP) is 1.94. The van der Waals surface area contributed by atoms with Crippen LogP contribution in [0.15, 0.2) is 36.5 Å². The second kappa shape index (κ2) is 4.19. The molecule has 76 valence electrons. The lowest BCUT2D eigenvalue weighted by atomic mass is 10.1. The first kappa shape index (κ1) is 9.80. The quantitative estimate of drug-likeness (QED) is 0.805. The van der Waals surface area contributed by atoms with E-state index in [0.29, 0.717) is 5.69 Å². The van der Waals surface area contributed by atoms with E-state index in [1.54, 1.807) is 6.20 Å². The van der Waals surface area contributed by atoms with Gasteiger partial charge in [-0.05, 0) is 30.7 Å². The molecular formula is C12H12N2O. The van der Waals surface area contributed by atoms with E-state index in [0.717, 1.165) is 17.0 Å². The van der Waals surface area contributed by atoms with Gasteiger partial charge >= 0.3 is 0 Å². The van der Waals surface area contributed by atoms with Crippen LogP contribution in [0.4, 0.5) is 0 Å². The van der Waals surface area contributed by atoms with Crippen LogP contribution in [0.3, 0.4) is 0 Å². The molecule has 2 rings (SSSR count). The maximum Gasteiger partial charge on any atom is 0.0919 e. The Morgan fingerprint density at radius 2 is 2.07 bits per heavy atom.